The molecule has 0 saturated heterocycles. The first-order valence-electron chi connectivity index (χ1n) is 3.30. The highest BCUT2D eigenvalue weighted by Gasteiger charge is 2.50. The highest BCUT2D eigenvalue weighted by Crippen LogP contribution is 2.48. The van der Waals surface area contributed by atoms with Gasteiger partial charge in [0.1, 0.15) is 5.78 Å². The van der Waals surface area contributed by atoms with E-state index in [1.807, 2.05) is 0 Å². The maximum Gasteiger partial charge on any atom is 0.310 e. The second-order valence-electron chi connectivity index (χ2n) is 2.96. The third-order valence-electron chi connectivity index (χ3n) is 1.89. The van der Waals surface area contributed by atoms with E-state index < -0.39 is 11.4 Å². The molecule has 1 saturated carbocycles. The van der Waals surface area contributed by atoms with E-state index >= 15 is 0 Å². The molecule has 0 atom stereocenters. The molecule has 0 spiro atoms. The predicted octanol–water partition coefficient (Wildman–Crippen LogP) is 0.830. The summed E-state index contributed by atoms with van der Waals surface area (Å²) in [6.07, 6.45) is 1.55. The zero-order valence-corrected chi connectivity index (χ0v) is 5.89. The molecule has 0 amide bonds. The zero-order valence-electron chi connectivity index (χ0n) is 5.89. The molecule has 3 heteroatoms. The van der Waals surface area contributed by atoms with Gasteiger partial charge >= 0.3 is 5.97 Å². The van der Waals surface area contributed by atoms with E-state index in [2.05, 4.69) is 0 Å². The van der Waals surface area contributed by atoms with Crippen LogP contribution < -0.4 is 0 Å². The number of rotatable bonds is 3. The molecule has 1 rings (SSSR count). The van der Waals surface area contributed by atoms with Crippen molar-refractivity contribution in [2.75, 3.05) is 0 Å². The van der Waals surface area contributed by atoms with E-state index in [1.165, 1.54) is 6.92 Å². The van der Waals surface area contributed by atoms with Crippen molar-refractivity contribution < 1.29 is 14.7 Å². The quantitative estimate of drug-likeness (QED) is 0.635. The predicted molar refractivity (Wildman–Crippen MR) is 34.6 cm³/mol. The summed E-state index contributed by atoms with van der Waals surface area (Å²) in [5.41, 5.74) is -0.661. The second-order valence-corrected chi connectivity index (χ2v) is 2.96. The molecule has 0 radical (unpaired) electrons. The van der Waals surface area contributed by atoms with Gasteiger partial charge in [-0.25, -0.2) is 0 Å². The van der Waals surface area contributed by atoms with Gasteiger partial charge in [0, 0.05) is 6.42 Å². The van der Waals surface area contributed by atoms with Crippen molar-refractivity contribution in [1.82, 2.24) is 0 Å². The first-order valence-corrected chi connectivity index (χ1v) is 3.30. The van der Waals surface area contributed by atoms with Crippen molar-refractivity contribution in [2.24, 2.45) is 5.41 Å². The van der Waals surface area contributed by atoms with Crippen LogP contribution in [0.25, 0.3) is 0 Å². The fourth-order valence-corrected chi connectivity index (χ4v) is 1.09. The molecule has 1 aliphatic rings. The van der Waals surface area contributed by atoms with E-state index in [0.717, 1.165) is 0 Å². The average molecular weight is 142 g/mol. The highest BCUT2D eigenvalue weighted by atomic mass is 16.4. The Hall–Kier alpha value is -0.860. The maximum absolute atomic E-state index is 10.5. The van der Waals surface area contributed by atoms with E-state index in [-0.39, 0.29) is 12.2 Å². The Kier molecular flexibility index (Phi) is 1.50. The molecule has 0 unspecified atom stereocenters. The minimum atomic E-state index is -0.817. The lowest BCUT2D eigenvalue weighted by atomic mass is 10.0. The molecule has 0 aromatic heterocycles. The van der Waals surface area contributed by atoms with Crippen LogP contribution in [0.15, 0.2) is 0 Å². The lowest BCUT2D eigenvalue weighted by molar-refractivity contribution is -0.145. The normalized spacial score (nSPS) is 20.1. The molecule has 56 valence electrons. The molecule has 0 aliphatic heterocycles. The van der Waals surface area contributed by atoms with Crippen LogP contribution in [0.2, 0.25) is 0 Å². The van der Waals surface area contributed by atoms with Crippen LogP contribution in [-0.2, 0) is 9.59 Å². The number of hydrogen-bond donors (Lipinski definition) is 1. The average Bonchev–Trinajstić information content (AvgIpc) is 2.46. The Bertz CT molecular complexity index is 179. The van der Waals surface area contributed by atoms with Gasteiger partial charge in [-0.3, -0.25) is 9.59 Å². The van der Waals surface area contributed by atoms with Crippen LogP contribution in [0, 0.1) is 5.41 Å². The number of carboxylic acids is 1. The Morgan fingerprint density at radius 2 is 2.00 bits per heavy atom. The number of hydrogen-bond acceptors (Lipinski definition) is 2. The van der Waals surface area contributed by atoms with Crippen LogP contribution in [0.5, 0.6) is 0 Å². The van der Waals surface area contributed by atoms with Gasteiger partial charge in [0.05, 0.1) is 5.41 Å². The second kappa shape index (κ2) is 2.08. The van der Waals surface area contributed by atoms with Crippen molar-refractivity contribution in [2.45, 2.75) is 26.2 Å². The van der Waals surface area contributed by atoms with Gasteiger partial charge in [0.15, 0.2) is 0 Å². The van der Waals surface area contributed by atoms with Crippen molar-refractivity contribution in [1.29, 1.82) is 0 Å². The molecule has 3 nitrogen and oxygen atoms in total. The number of carboxylic acid groups (broad SMARTS) is 1. The van der Waals surface area contributed by atoms with Gasteiger partial charge < -0.3 is 5.11 Å². The van der Waals surface area contributed by atoms with E-state index in [0.29, 0.717) is 12.8 Å². The Balaban J connectivity index is 2.53. The molecule has 1 N–H and O–H groups in total. The molecule has 0 aromatic carbocycles. The smallest absolute Gasteiger partial charge is 0.310 e. The Morgan fingerprint density at radius 1 is 1.50 bits per heavy atom. The van der Waals surface area contributed by atoms with E-state index in [1.54, 1.807) is 0 Å². The monoisotopic (exact) mass is 142 g/mol. The molecular weight excluding hydrogens is 132 g/mol. The van der Waals surface area contributed by atoms with Gasteiger partial charge in [-0.2, -0.15) is 0 Å². The van der Waals surface area contributed by atoms with Gasteiger partial charge in [-0.05, 0) is 19.8 Å². The fourth-order valence-electron chi connectivity index (χ4n) is 1.09. The van der Waals surface area contributed by atoms with Crippen LogP contribution >= 0.6 is 0 Å². The number of aliphatic carboxylic acids is 1. The first-order chi connectivity index (χ1) is 4.57. The molecule has 0 heterocycles. The lowest BCUT2D eigenvalue weighted by Gasteiger charge is -2.04. The fraction of sp³-hybridized carbons (Fsp3) is 0.714. The first kappa shape index (κ1) is 7.25. The van der Waals surface area contributed by atoms with Crippen molar-refractivity contribution >= 4 is 11.8 Å². The molecule has 1 fully saturated rings. The summed E-state index contributed by atoms with van der Waals surface area (Å²) < 4.78 is 0. The summed E-state index contributed by atoms with van der Waals surface area (Å²) in [4.78, 5) is 21.0. The summed E-state index contributed by atoms with van der Waals surface area (Å²) in [5.74, 6) is -0.845. The molecule has 0 aromatic rings. The van der Waals surface area contributed by atoms with Crippen molar-refractivity contribution in [3.8, 4) is 0 Å². The van der Waals surface area contributed by atoms with Crippen molar-refractivity contribution in [3.05, 3.63) is 0 Å². The molecule has 10 heavy (non-hydrogen) atoms. The van der Waals surface area contributed by atoms with Crippen LogP contribution in [0.3, 0.4) is 0 Å². The summed E-state index contributed by atoms with van der Waals surface area (Å²) in [5, 5.41) is 8.60. The van der Waals surface area contributed by atoms with Gasteiger partial charge in [0.25, 0.3) is 0 Å². The van der Waals surface area contributed by atoms with E-state index in [9.17, 15) is 9.59 Å². The largest absolute Gasteiger partial charge is 0.481 e. The number of carbonyl (C=O) groups is 2. The minimum Gasteiger partial charge on any atom is -0.481 e. The summed E-state index contributed by atoms with van der Waals surface area (Å²) in [7, 11) is 0. The molecule has 1 aliphatic carbocycles. The molecule has 0 bridgehead atoms. The van der Waals surface area contributed by atoms with Crippen LogP contribution in [0.4, 0.5) is 0 Å². The summed E-state index contributed by atoms with van der Waals surface area (Å²) in [6.45, 7) is 1.43. The maximum atomic E-state index is 10.5. The Morgan fingerprint density at radius 3 is 2.10 bits per heavy atom. The number of Topliss-reactive ketones (excluding diaryl/α,β-unsaturated/α-hetero) is 1. The standard InChI is InChI=1S/C7H10O3/c1-5(8)4-7(2-3-7)6(9)10/h2-4H2,1H3,(H,9,10). The highest BCUT2D eigenvalue weighted by molar-refractivity contribution is 5.86. The molecular formula is C7H10O3. The van der Waals surface area contributed by atoms with Gasteiger partial charge in [0.2, 0.25) is 0 Å². The Labute approximate surface area is 59.0 Å². The van der Waals surface area contributed by atoms with Crippen molar-refractivity contribution in [3.63, 3.8) is 0 Å². The zero-order chi connectivity index (χ0) is 7.78. The van der Waals surface area contributed by atoms with Gasteiger partial charge in [-0.15, -0.1) is 0 Å². The third kappa shape index (κ3) is 1.17. The third-order valence-corrected chi connectivity index (χ3v) is 1.89. The van der Waals surface area contributed by atoms with E-state index in [4.69, 9.17) is 5.11 Å². The number of carbonyl (C=O) groups excluding carboxylic acids is 1. The summed E-state index contributed by atoms with van der Waals surface area (Å²) >= 11 is 0. The number of ketones is 1. The topological polar surface area (TPSA) is 54.4 Å². The minimum absolute atomic E-state index is 0.0279. The van der Waals surface area contributed by atoms with Gasteiger partial charge in [-0.1, -0.05) is 0 Å². The van der Waals surface area contributed by atoms with Crippen LogP contribution in [-0.4, -0.2) is 16.9 Å². The van der Waals surface area contributed by atoms with Crippen LogP contribution in [0.1, 0.15) is 26.2 Å². The SMILES string of the molecule is CC(=O)CC1(C(=O)O)CC1. The summed E-state index contributed by atoms with van der Waals surface area (Å²) in [6, 6.07) is 0. The lowest BCUT2D eigenvalue weighted by Crippen LogP contribution is -2.17.